The van der Waals surface area contributed by atoms with Gasteiger partial charge < -0.3 is 24.6 Å². The van der Waals surface area contributed by atoms with Crippen LogP contribution in [-0.2, 0) is 38.8 Å². The average Bonchev–Trinajstić information content (AvgIpc) is 3.65. The van der Waals surface area contributed by atoms with Crippen molar-refractivity contribution in [3.63, 3.8) is 0 Å². The number of hydrogen-bond donors (Lipinski definition) is 2. The van der Waals surface area contributed by atoms with Crippen LogP contribution in [0, 0.1) is 15.4 Å². The average molecular weight is 870 g/mol. The number of morpholine rings is 1. The summed E-state index contributed by atoms with van der Waals surface area (Å²) in [5.41, 5.74) is 0.343. The number of aromatic hydroxyl groups is 1. The Labute approximate surface area is 337 Å². The molecule has 0 aromatic heterocycles. The molecule has 13 heteroatoms. The largest absolute Gasteiger partial charge is 0.508 e. The normalized spacial score (nSPS) is 24.6. The van der Waals surface area contributed by atoms with E-state index < -0.39 is 77.4 Å². The van der Waals surface area contributed by atoms with Crippen LogP contribution in [0.4, 0.5) is 10.5 Å². The van der Waals surface area contributed by atoms with Gasteiger partial charge in [0.2, 0.25) is 5.91 Å². The van der Waals surface area contributed by atoms with Crippen molar-refractivity contribution in [2.24, 2.45) is 11.8 Å². The fourth-order valence-corrected chi connectivity index (χ4v) is 9.05. The van der Waals surface area contributed by atoms with Crippen molar-refractivity contribution < 1.29 is 43.3 Å². The Morgan fingerprint density at radius 3 is 2.18 bits per heavy atom. The Morgan fingerprint density at radius 2 is 1.57 bits per heavy atom. The number of rotatable bonds is 9. The summed E-state index contributed by atoms with van der Waals surface area (Å²) < 4.78 is 17.8. The van der Waals surface area contributed by atoms with Gasteiger partial charge in [0.25, 0.3) is 0 Å². The fourth-order valence-electron chi connectivity index (χ4n) is 8.55. The highest BCUT2D eigenvalue weighted by Gasteiger charge is 2.76. The van der Waals surface area contributed by atoms with E-state index in [4.69, 9.17) is 14.2 Å². The predicted octanol–water partition coefficient (Wildman–Crippen LogP) is 6.30. The third kappa shape index (κ3) is 6.32. The molecule has 12 nitrogen and oxygen atoms in total. The standard InChI is InChI=1S/C43H40IN3O9/c1-5-22-55-38(49)32-35-40(51)56-36(26-14-10-7-11-15-26)34(25-12-8-6-9-13-25)47(35)37(27-16-19-29(48)20-17-27)43(32)30-23-28(44)18-21-31(30)46(41(43)52)42(53)45-33(24(2)3)39(50)54-4/h5-21,23-24,32-37,48H,1,22H2,2-4H3,(H,45,53)/t32-,33-,34-,35-,36+,37+,43-/m0/s1. The molecular formula is C43H40IN3O9. The minimum Gasteiger partial charge on any atom is -0.508 e. The molecule has 288 valence electrons. The number of amides is 3. The van der Waals surface area contributed by atoms with Gasteiger partial charge in [-0.1, -0.05) is 99.3 Å². The number of nitrogens with zero attached hydrogens (tertiary/aromatic N) is 2. The summed E-state index contributed by atoms with van der Waals surface area (Å²) in [6, 6.07) is 24.5. The Hall–Kier alpha value is -5.54. The van der Waals surface area contributed by atoms with E-state index in [2.05, 4.69) is 34.5 Å². The van der Waals surface area contributed by atoms with E-state index in [9.17, 15) is 24.3 Å². The Morgan fingerprint density at radius 1 is 0.929 bits per heavy atom. The van der Waals surface area contributed by atoms with Gasteiger partial charge in [-0.05, 0) is 81.1 Å². The van der Waals surface area contributed by atoms with Crippen LogP contribution in [0.1, 0.15) is 54.3 Å². The van der Waals surface area contributed by atoms with Crippen LogP contribution in [0.25, 0.3) is 0 Å². The van der Waals surface area contributed by atoms with E-state index in [0.29, 0.717) is 20.3 Å². The molecule has 0 saturated carbocycles. The fraction of sp³-hybridized carbons (Fsp3) is 0.279. The van der Waals surface area contributed by atoms with E-state index in [0.717, 1.165) is 10.5 Å². The van der Waals surface area contributed by atoms with Crippen molar-refractivity contribution in [1.29, 1.82) is 0 Å². The summed E-state index contributed by atoms with van der Waals surface area (Å²) in [6.45, 7) is 6.93. The van der Waals surface area contributed by atoms with Crippen LogP contribution < -0.4 is 10.2 Å². The van der Waals surface area contributed by atoms with E-state index in [1.165, 1.54) is 25.3 Å². The first-order valence-corrected chi connectivity index (χ1v) is 19.2. The number of methoxy groups -OCH3 is 1. The summed E-state index contributed by atoms with van der Waals surface area (Å²) in [4.78, 5) is 75.8. The molecule has 0 aliphatic carbocycles. The zero-order valence-electron chi connectivity index (χ0n) is 30.8. The van der Waals surface area contributed by atoms with Gasteiger partial charge in [-0.15, -0.1) is 0 Å². The lowest BCUT2D eigenvalue weighted by atomic mass is 9.65. The van der Waals surface area contributed by atoms with Gasteiger partial charge in [0.15, 0.2) is 0 Å². The van der Waals surface area contributed by atoms with E-state index in [1.54, 1.807) is 44.2 Å². The molecule has 0 bridgehead atoms. The first-order valence-electron chi connectivity index (χ1n) is 18.1. The van der Waals surface area contributed by atoms with Gasteiger partial charge in [0.1, 0.15) is 41.9 Å². The van der Waals surface area contributed by atoms with Gasteiger partial charge in [-0.3, -0.25) is 19.3 Å². The van der Waals surface area contributed by atoms with Gasteiger partial charge in [0.05, 0.1) is 24.9 Å². The summed E-state index contributed by atoms with van der Waals surface area (Å²) in [5.74, 6) is -5.20. The zero-order chi connectivity index (χ0) is 39.9. The number of halogens is 1. The minimum atomic E-state index is -2.01. The van der Waals surface area contributed by atoms with Gasteiger partial charge in [-0.25, -0.2) is 14.5 Å². The van der Waals surface area contributed by atoms with Crippen LogP contribution in [-0.4, -0.2) is 65.7 Å². The molecular weight excluding hydrogens is 829 g/mol. The molecule has 3 amide bonds. The number of phenols is 1. The van der Waals surface area contributed by atoms with Crippen LogP contribution in [0.15, 0.2) is 116 Å². The predicted molar refractivity (Wildman–Crippen MR) is 213 cm³/mol. The quantitative estimate of drug-likeness (QED) is 0.0850. The zero-order valence-corrected chi connectivity index (χ0v) is 33.0. The molecule has 4 aromatic carbocycles. The minimum absolute atomic E-state index is 0.0460. The second kappa shape index (κ2) is 15.5. The maximum absolute atomic E-state index is 15.9. The number of benzene rings is 4. The number of ether oxygens (including phenoxy) is 3. The highest BCUT2D eigenvalue weighted by molar-refractivity contribution is 14.1. The number of carbonyl (C=O) groups is 5. The molecule has 0 radical (unpaired) electrons. The Kier molecular flexibility index (Phi) is 10.7. The number of anilines is 1. The number of phenolic OH excluding ortho intramolecular Hbond substituents is 1. The van der Waals surface area contributed by atoms with Crippen molar-refractivity contribution in [3.05, 3.63) is 142 Å². The van der Waals surface area contributed by atoms with E-state index in [-0.39, 0.29) is 18.0 Å². The second-order valence-corrected chi connectivity index (χ2v) is 15.5. The molecule has 7 atom stereocenters. The molecule has 3 heterocycles. The van der Waals surface area contributed by atoms with Crippen molar-refractivity contribution in [1.82, 2.24) is 10.2 Å². The van der Waals surface area contributed by atoms with Crippen LogP contribution >= 0.6 is 22.6 Å². The first kappa shape index (κ1) is 38.7. The summed E-state index contributed by atoms with van der Waals surface area (Å²) in [5, 5.41) is 13.2. The second-order valence-electron chi connectivity index (χ2n) is 14.3. The lowest BCUT2D eigenvalue weighted by Crippen LogP contribution is -2.56. The molecule has 2 fully saturated rings. The van der Waals surface area contributed by atoms with Crippen molar-refractivity contribution >= 4 is 58.1 Å². The van der Waals surface area contributed by atoms with Crippen molar-refractivity contribution in [2.45, 2.75) is 49.5 Å². The van der Waals surface area contributed by atoms with Gasteiger partial charge in [-0.2, -0.15) is 0 Å². The van der Waals surface area contributed by atoms with Crippen LogP contribution in [0.5, 0.6) is 5.75 Å². The number of cyclic esters (lactones) is 1. The number of fused-ring (bicyclic) bond motifs is 3. The molecule has 2 N–H and O–H groups in total. The molecule has 4 aromatic rings. The van der Waals surface area contributed by atoms with E-state index >= 15 is 4.79 Å². The number of esters is 3. The van der Waals surface area contributed by atoms with Crippen LogP contribution in [0.2, 0.25) is 0 Å². The van der Waals surface area contributed by atoms with Crippen LogP contribution in [0.3, 0.4) is 0 Å². The summed E-state index contributed by atoms with van der Waals surface area (Å²) >= 11 is 2.10. The van der Waals surface area contributed by atoms with E-state index in [1.807, 2.05) is 65.6 Å². The molecule has 56 heavy (non-hydrogen) atoms. The van der Waals surface area contributed by atoms with Crippen molar-refractivity contribution in [3.8, 4) is 5.75 Å². The summed E-state index contributed by atoms with van der Waals surface area (Å²) in [6.07, 6.45) is 0.484. The van der Waals surface area contributed by atoms with Gasteiger partial charge >= 0.3 is 23.9 Å². The molecule has 2 saturated heterocycles. The highest BCUT2D eigenvalue weighted by atomic mass is 127. The molecule has 7 rings (SSSR count). The number of imide groups is 1. The molecule has 1 spiro atoms. The molecule has 3 aliphatic rings. The Balaban J connectivity index is 1.55. The van der Waals surface area contributed by atoms with Crippen molar-refractivity contribution in [2.75, 3.05) is 18.6 Å². The SMILES string of the molecule is C=CCOC(=O)[C@@H]1[C@H]2C(=O)O[C@H](c3ccccc3)[C@H](c3ccccc3)N2[C@H](c2ccc(O)cc2)[C@@]12C(=O)N(C(=O)N[C@H](C(=O)OC)C(C)C)c1ccc(I)cc12. The lowest BCUT2D eigenvalue weighted by molar-refractivity contribution is -0.180. The Bertz CT molecular complexity index is 2180. The number of carbonyl (C=O) groups excluding carboxylic acids is 5. The lowest BCUT2D eigenvalue weighted by Gasteiger charge is -2.46. The van der Waals surface area contributed by atoms with Gasteiger partial charge in [0, 0.05) is 3.57 Å². The smallest absolute Gasteiger partial charge is 0.329 e. The third-order valence-electron chi connectivity index (χ3n) is 10.8. The first-order chi connectivity index (χ1) is 26.9. The maximum atomic E-state index is 15.9. The maximum Gasteiger partial charge on any atom is 0.329 e. The number of hydrogen-bond acceptors (Lipinski definition) is 10. The molecule has 0 unspecified atom stereocenters. The highest BCUT2D eigenvalue weighted by Crippen LogP contribution is 2.66. The number of nitrogens with one attached hydrogen (secondary N) is 1. The number of urea groups is 1. The third-order valence-corrected chi connectivity index (χ3v) is 11.5. The topological polar surface area (TPSA) is 152 Å². The summed E-state index contributed by atoms with van der Waals surface area (Å²) in [7, 11) is 1.21. The molecule has 3 aliphatic heterocycles. The monoisotopic (exact) mass is 869 g/mol.